The molecule has 0 fully saturated rings. The summed E-state index contributed by atoms with van der Waals surface area (Å²) in [6.07, 6.45) is 4.52. The third-order valence-corrected chi connectivity index (χ3v) is 5.75. The molecular formula is C21H17ClN2O2S. The molecule has 136 valence electrons. The van der Waals surface area contributed by atoms with Crippen LogP contribution in [0.4, 0.5) is 5.69 Å². The fourth-order valence-corrected chi connectivity index (χ4v) is 4.10. The molecule has 1 N–H and O–H groups in total. The van der Waals surface area contributed by atoms with Gasteiger partial charge in [-0.1, -0.05) is 60.2 Å². The third-order valence-electron chi connectivity index (χ3n) is 4.58. The number of aromatic nitrogens is 1. The van der Waals surface area contributed by atoms with Gasteiger partial charge in [0.05, 0.1) is 17.1 Å². The number of aromatic hydroxyl groups is 1. The van der Waals surface area contributed by atoms with Crippen LogP contribution in [0, 0.1) is 0 Å². The molecule has 0 saturated heterocycles. The molecule has 4 nitrogen and oxygen atoms in total. The first-order valence-electron chi connectivity index (χ1n) is 8.62. The smallest absolute Gasteiger partial charge is 0.310 e. The van der Waals surface area contributed by atoms with E-state index in [1.807, 2.05) is 30.3 Å². The van der Waals surface area contributed by atoms with Crippen molar-refractivity contribution in [3.63, 3.8) is 0 Å². The second kappa shape index (κ2) is 7.18. The maximum absolute atomic E-state index is 12.4. The van der Waals surface area contributed by atoms with Crippen LogP contribution in [0.25, 0.3) is 11.6 Å². The molecule has 0 amide bonds. The number of benzene rings is 2. The van der Waals surface area contributed by atoms with Gasteiger partial charge in [0.2, 0.25) is 5.88 Å². The third kappa shape index (κ3) is 3.36. The lowest BCUT2D eigenvalue weighted by Crippen LogP contribution is -2.13. The van der Waals surface area contributed by atoms with Gasteiger partial charge in [-0.2, -0.15) is 0 Å². The Kier molecular flexibility index (Phi) is 4.72. The highest BCUT2D eigenvalue weighted by atomic mass is 35.5. The van der Waals surface area contributed by atoms with Crippen LogP contribution in [-0.2, 0) is 13.0 Å². The summed E-state index contributed by atoms with van der Waals surface area (Å²) in [5.74, 6) is -0.0269. The Morgan fingerprint density at radius 1 is 1.22 bits per heavy atom. The number of aliphatic imine (C=N–C) groups is 1. The van der Waals surface area contributed by atoms with Crippen molar-refractivity contribution in [3.05, 3.63) is 78.7 Å². The van der Waals surface area contributed by atoms with Gasteiger partial charge in [0.25, 0.3) is 0 Å². The molecule has 2 aromatic carbocycles. The van der Waals surface area contributed by atoms with Crippen molar-refractivity contribution in [2.24, 2.45) is 4.99 Å². The van der Waals surface area contributed by atoms with Gasteiger partial charge in [0.15, 0.2) is 0 Å². The van der Waals surface area contributed by atoms with Crippen molar-refractivity contribution >= 4 is 46.5 Å². The van der Waals surface area contributed by atoms with E-state index in [0.29, 0.717) is 16.4 Å². The second-order valence-electron chi connectivity index (χ2n) is 6.29. The van der Waals surface area contributed by atoms with Crippen molar-refractivity contribution < 1.29 is 5.11 Å². The van der Waals surface area contributed by atoms with Gasteiger partial charge in [0.1, 0.15) is 0 Å². The highest BCUT2D eigenvalue weighted by Crippen LogP contribution is 2.37. The molecule has 1 aromatic heterocycles. The number of hydrogen-bond donors (Lipinski definition) is 1. The van der Waals surface area contributed by atoms with Crippen LogP contribution in [0.1, 0.15) is 28.5 Å². The fraction of sp³-hybridized carbons (Fsp3) is 0.143. The van der Waals surface area contributed by atoms with E-state index in [2.05, 4.69) is 18.0 Å². The zero-order valence-electron chi connectivity index (χ0n) is 14.6. The van der Waals surface area contributed by atoms with E-state index < -0.39 is 0 Å². The summed E-state index contributed by atoms with van der Waals surface area (Å²) in [4.78, 5) is 17.2. The lowest BCUT2D eigenvalue weighted by atomic mass is 10.0. The molecule has 0 aliphatic carbocycles. The number of nitrogens with zero attached hydrogens (tertiary/aromatic N) is 2. The highest BCUT2D eigenvalue weighted by molar-refractivity contribution is 7.10. The Bertz CT molecular complexity index is 1120. The number of aryl methyl sites for hydroxylation is 1. The maximum atomic E-state index is 12.4. The van der Waals surface area contributed by atoms with Crippen LogP contribution in [0.3, 0.4) is 0 Å². The minimum absolute atomic E-state index is 0.0269. The van der Waals surface area contributed by atoms with E-state index in [-0.39, 0.29) is 10.8 Å². The molecule has 3 aromatic rings. The first-order chi connectivity index (χ1) is 13.1. The summed E-state index contributed by atoms with van der Waals surface area (Å²) >= 11 is 6.93. The summed E-state index contributed by atoms with van der Waals surface area (Å²) in [6, 6.07) is 13.3. The van der Waals surface area contributed by atoms with E-state index in [0.717, 1.165) is 40.1 Å². The Morgan fingerprint density at radius 3 is 2.74 bits per heavy atom. The molecule has 1 aliphatic rings. The molecule has 27 heavy (non-hydrogen) atoms. The van der Waals surface area contributed by atoms with E-state index in [1.165, 1.54) is 10.1 Å². The molecule has 0 radical (unpaired) electrons. The lowest BCUT2D eigenvalue weighted by molar-refractivity contribution is 0.420. The Labute approximate surface area is 165 Å². The van der Waals surface area contributed by atoms with Crippen molar-refractivity contribution in [3.8, 4) is 5.88 Å². The number of halogens is 1. The van der Waals surface area contributed by atoms with E-state index in [1.54, 1.807) is 18.3 Å². The van der Waals surface area contributed by atoms with Gasteiger partial charge >= 0.3 is 4.87 Å². The summed E-state index contributed by atoms with van der Waals surface area (Å²) < 4.78 is 1.37. The standard InChI is InChI=1S/C21H17ClN2O2S/c1-2-14-4-3-5-17-15(11-23-19(14)17)10-18-20(25)24(21(26)27-18)12-13-6-8-16(22)9-7-13/h3-11,25H,2,12H2,1H3. The Morgan fingerprint density at radius 2 is 2.00 bits per heavy atom. The van der Waals surface area contributed by atoms with Gasteiger partial charge in [0, 0.05) is 22.4 Å². The number of hydrogen-bond acceptors (Lipinski definition) is 4. The van der Waals surface area contributed by atoms with Crippen LogP contribution in [0.15, 0.2) is 52.3 Å². The minimum atomic E-state index is -0.202. The SMILES string of the molecule is CCc1cccc2c1N=CC2=Cc1sc(=O)n(Cc2ccc(Cl)cc2)c1O. The molecule has 0 bridgehead atoms. The van der Waals surface area contributed by atoms with E-state index in [4.69, 9.17) is 11.6 Å². The van der Waals surface area contributed by atoms with Gasteiger partial charge in [-0.05, 0) is 35.8 Å². The molecule has 1 aliphatic heterocycles. The Balaban J connectivity index is 1.69. The van der Waals surface area contributed by atoms with Gasteiger partial charge < -0.3 is 5.11 Å². The first-order valence-corrected chi connectivity index (χ1v) is 9.81. The Hall–Kier alpha value is -2.63. The van der Waals surface area contributed by atoms with E-state index >= 15 is 0 Å². The monoisotopic (exact) mass is 396 g/mol. The summed E-state index contributed by atoms with van der Waals surface area (Å²) in [5.41, 5.74) is 4.98. The van der Waals surface area contributed by atoms with E-state index in [9.17, 15) is 9.90 Å². The summed E-state index contributed by atoms with van der Waals surface area (Å²) in [6.45, 7) is 2.40. The maximum Gasteiger partial charge on any atom is 0.310 e. The topological polar surface area (TPSA) is 54.6 Å². The van der Waals surface area contributed by atoms with Crippen LogP contribution in [0.5, 0.6) is 5.88 Å². The highest BCUT2D eigenvalue weighted by Gasteiger charge is 2.18. The molecule has 0 unspecified atom stereocenters. The molecular weight excluding hydrogens is 380 g/mol. The normalized spacial score (nSPS) is 14.1. The quantitative estimate of drug-likeness (QED) is 0.664. The molecule has 6 heteroatoms. The van der Waals surface area contributed by atoms with Crippen molar-refractivity contribution in [1.82, 2.24) is 4.57 Å². The van der Waals surface area contributed by atoms with Crippen LogP contribution in [0.2, 0.25) is 5.02 Å². The van der Waals surface area contributed by atoms with Gasteiger partial charge in [-0.15, -0.1) is 0 Å². The molecule has 0 atom stereocenters. The average molecular weight is 397 g/mol. The number of allylic oxidation sites excluding steroid dienone is 1. The second-order valence-corrected chi connectivity index (χ2v) is 7.72. The van der Waals surface area contributed by atoms with Crippen LogP contribution >= 0.6 is 22.9 Å². The molecule has 4 rings (SSSR count). The summed E-state index contributed by atoms with van der Waals surface area (Å²) in [7, 11) is 0. The van der Waals surface area contributed by atoms with Crippen molar-refractivity contribution in [1.29, 1.82) is 0 Å². The van der Waals surface area contributed by atoms with Gasteiger partial charge in [-0.3, -0.25) is 14.4 Å². The lowest BCUT2D eigenvalue weighted by Gasteiger charge is -2.05. The zero-order valence-corrected chi connectivity index (χ0v) is 16.2. The van der Waals surface area contributed by atoms with Crippen molar-refractivity contribution in [2.75, 3.05) is 0 Å². The number of para-hydroxylation sites is 1. The summed E-state index contributed by atoms with van der Waals surface area (Å²) in [5, 5.41) is 11.2. The van der Waals surface area contributed by atoms with Crippen LogP contribution < -0.4 is 4.87 Å². The largest absolute Gasteiger partial charge is 0.493 e. The number of thiazole rings is 1. The average Bonchev–Trinajstić information content (AvgIpc) is 3.20. The zero-order chi connectivity index (χ0) is 19.0. The van der Waals surface area contributed by atoms with Crippen molar-refractivity contribution in [2.45, 2.75) is 19.9 Å². The predicted molar refractivity (Wildman–Crippen MR) is 113 cm³/mol. The molecule has 0 spiro atoms. The molecule has 2 heterocycles. The fourth-order valence-electron chi connectivity index (χ4n) is 3.14. The minimum Gasteiger partial charge on any atom is -0.493 e. The first kappa shape index (κ1) is 17.8. The molecule has 0 saturated carbocycles. The number of fused-ring (bicyclic) bond motifs is 1. The van der Waals surface area contributed by atoms with Crippen LogP contribution in [-0.4, -0.2) is 15.9 Å². The van der Waals surface area contributed by atoms with Gasteiger partial charge in [-0.25, -0.2) is 0 Å². The number of rotatable bonds is 4. The predicted octanol–water partition coefficient (Wildman–Crippen LogP) is 5.14.